The third kappa shape index (κ3) is 3.35. The maximum atomic E-state index is 12.3. The van der Waals surface area contributed by atoms with Gasteiger partial charge in [0.05, 0.1) is 5.56 Å². The summed E-state index contributed by atoms with van der Waals surface area (Å²) < 4.78 is 36.9. The number of pyridine rings is 1. The zero-order chi connectivity index (χ0) is 12.5. The lowest BCUT2D eigenvalue weighted by atomic mass is 10.1. The summed E-state index contributed by atoms with van der Waals surface area (Å²) in [6.45, 7) is 2.91. The van der Waals surface area contributed by atoms with Gasteiger partial charge in [0.15, 0.2) is 0 Å². The quantitative estimate of drug-likeness (QED) is 0.876. The number of nitrogens with zero attached hydrogens (tertiary/aromatic N) is 1. The van der Waals surface area contributed by atoms with E-state index in [-0.39, 0.29) is 0 Å². The zero-order valence-electron chi connectivity index (χ0n) is 9.59. The maximum Gasteiger partial charge on any atom is 0.417 e. The molecule has 2 rings (SSSR count). The fourth-order valence-corrected chi connectivity index (χ4v) is 1.76. The number of hydrogen-bond acceptors (Lipinski definition) is 2. The molecule has 1 aromatic rings. The predicted octanol–water partition coefficient (Wildman–Crippen LogP) is 3.56. The fourth-order valence-electron chi connectivity index (χ4n) is 1.76. The summed E-state index contributed by atoms with van der Waals surface area (Å²) in [7, 11) is 0. The van der Waals surface area contributed by atoms with Crippen molar-refractivity contribution in [3.8, 4) is 0 Å². The average Bonchev–Trinajstić information content (AvgIpc) is 3.09. The van der Waals surface area contributed by atoms with Gasteiger partial charge < -0.3 is 5.32 Å². The van der Waals surface area contributed by atoms with Gasteiger partial charge in [-0.15, -0.1) is 0 Å². The molecule has 0 saturated heterocycles. The molecule has 2 nitrogen and oxygen atoms in total. The van der Waals surface area contributed by atoms with Crippen LogP contribution in [0.2, 0.25) is 0 Å². The second-order valence-corrected chi connectivity index (χ2v) is 4.63. The van der Waals surface area contributed by atoms with E-state index in [1.807, 2.05) is 0 Å². The first-order chi connectivity index (χ1) is 7.97. The average molecular weight is 244 g/mol. The van der Waals surface area contributed by atoms with E-state index in [0.29, 0.717) is 11.7 Å². The van der Waals surface area contributed by atoms with Crippen molar-refractivity contribution < 1.29 is 13.2 Å². The Kier molecular flexibility index (Phi) is 3.26. The molecule has 1 aliphatic carbocycles. The smallest absolute Gasteiger partial charge is 0.370 e. The predicted molar refractivity (Wildman–Crippen MR) is 59.6 cm³/mol. The Morgan fingerprint density at radius 3 is 2.59 bits per heavy atom. The molecule has 17 heavy (non-hydrogen) atoms. The van der Waals surface area contributed by atoms with Gasteiger partial charge in [0.25, 0.3) is 0 Å². The van der Waals surface area contributed by atoms with Gasteiger partial charge in [0.2, 0.25) is 0 Å². The molecule has 1 atom stereocenters. The van der Waals surface area contributed by atoms with Crippen molar-refractivity contribution >= 4 is 5.82 Å². The van der Waals surface area contributed by atoms with Gasteiger partial charge >= 0.3 is 6.18 Å². The summed E-state index contributed by atoms with van der Waals surface area (Å²) in [6.07, 6.45) is -0.913. The highest BCUT2D eigenvalue weighted by Gasteiger charge is 2.31. The Morgan fingerprint density at radius 1 is 1.41 bits per heavy atom. The molecule has 1 fully saturated rings. The van der Waals surface area contributed by atoms with E-state index in [2.05, 4.69) is 17.2 Å². The molecule has 1 N–H and O–H groups in total. The molecule has 5 heteroatoms. The minimum Gasteiger partial charge on any atom is -0.370 e. The number of rotatable bonds is 4. The van der Waals surface area contributed by atoms with Crippen LogP contribution >= 0.6 is 0 Å². The first-order valence-electron chi connectivity index (χ1n) is 5.74. The first-order valence-corrected chi connectivity index (χ1v) is 5.74. The Bertz CT molecular complexity index is 368. The summed E-state index contributed by atoms with van der Waals surface area (Å²) >= 11 is 0. The molecule has 0 spiro atoms. The summed E-state index contributed by atoms with van der Waals surface area (Å²) in [5, 5.41) is 3.07. The fraction of sp³-hybridized carbons (Fsp3) is 0.583. The van der Waals surface area contributed by atoms with Gasteiger partial charge in [0, 0.05) is 12.7 Å². The van der Waals surface area contributed by atoms with Crippen LogP contribution in [0.15, 0.2) is 18.3 Å². The Balaban J connectivity index is 1.89. The van der Waals surface area contributed by atoms with Crippen molar-refractivity contribution in [2.24, 2.45) is 11.8 Å². The van der Waals surface area contributed by atoms with E-state index < -0.39 is 11.7 Å². The van der Waals surface area contributed by atoms with Gasteiger partial charge in [-0.3, -0.25) is 0 Å². The summed E-state index contributed by atoms with van der Waals surface area (Å²) in [6, 6.07) is 2.43. The Hall–Kier alpha value is -1.26. The van der Waals surface area contributed by atoms with Crippen molar-refractivity contribution in [3.63, 3.8) is 0 Å². The highest BCUT2D eigenvalue weighted by Crippen LogP contribution is 2.36. The monoisotopic (exact) mass is 244 g/mol. The van der Waals surface area contributed by atoms with Crippen LogP contribution in [-0.4, -0.2) is 11.5 Å². The lowest BCUT2D eigenvalue weighted by Gasteiger charge is -2.12. The molecule has 1 heterocycles. The molecule has 1 aliphatic rings. The van der Waals surface area contributed by atoms with Crippen LogP contribution in [0.1, 0.15) is 25.3 Å². The number of halogens is 3. The largest absolute Gasteiger partial charge is 0.417 e. The molecule has 1 aromatic heterocycles. The number of nitrogens with one attached hydrogen (secondary N) is 1. The Morgan fingerprint density at radius 2 is 2.12 bits per heavy atom. The van der Waals surface area contributed by atoms with Crippen LogP contribution in [0, 0.1) is 11.8 Å². The topological polar surface area (TPSA) is 24.9 Å². The minimum atomic E-state index is -4.31. The number of aromatic nitrogens is 1. The van der Waals surface area contributed by atoms with Crippen LogP contribution in [0.5, 0.6) is 0 Å². The highest BCUT2D eigenvalue weighted by atomic mass is 19.4. The van der Waals surface area contributed by atoms with Crippen LogP contribution in [0.4, 0.5) is 19.0 Å². The summed E-state index contributed by atoms with van der Waals surface area (Å²) in [5.41, 5.74) is -0.710. The van der Waals surface area contributed by atoms with Gasteiger partial charge in [-0.1, -0.05) is 6.92 Å². The molecule has 1 saturated carbocycles. The van der Waals surface area contributed by atoms with Crippen molar-refractivity contribution in [1.29, 1.82) is 0 Å². The normalized spacial score (nSPS) is 17.9. The minimum absolute atomic E-state index is 0.505. The Labute approximate surface area is 98.2 Å². The van der Waals surface area contributed by atoms with Crippen molar-refractivity contribution in [3.05, 3.63) is 23.9 Å². The highest BCUT2D eigenvalue weighted by molar-refractivity contribution is 5.36. The van der Waals surface area contributed by atoms with E-state index >= 15 is 0 Å². The summed E-state index contributed by atoms with van der Waals surface area (Å²) in [4.78, 5) is 3.77. The molecule has 94 valence electrons. The molecule has 0 amide bonds. The van der Waals surface area contributed by atoms with E-state index in [4.69, 9.17) is 0 Å². The van der Waals surface area contributed by atoms with Gasteiger partial charge in [0.1, 0.15) is 5.82 Å². The van der Waals surface area contributed by atoms with Crippen molar-refractivity contribution in [1.82, 2.24) is 4.98 Å². The van der Waals surface area contributed by atoms with Gasteiger partial charge in [-0.25, -0.2) is 4.98 Å². The van der Waals surface area contributed by atoms with Crippen molar-refractivity contribution in [2.45, 2.75) is 25.9 Å². The summed E-state index contributed by atoms with van der Waals surface area (Å²) in [5.74, 6) is 1.83. The molecular weight excluding hydrogens is 229 g/mol. The third-order valence-electron chi connectivity index (χ3n) is 3.12. The number of anilines is 1. The van der Waals surface area contributed by atoms with E-state index in [0.717, 1.165) is 24.7 Å². The zero-order valence-corrected chi connectivity index (χ0v) is 9.59. The lowest BCUT2D eigenvalue weighted by Crippen LogP contribution is -2.14. The molecule has 0 bridgehead atoms. The van der Waals surface area contributed by atoms with Crippen LogP contribution < -0.4 is 5.32 Å². The maximum absolute atomic E-state index is 12.3. The van der Waals surface area contributed by atoms with Crippen LogP contribution in [-0.2, 0) is 6.18 Å². The van der Waals surface area contributed by atoms with Crippen LogP contribution in [0.25, 0.3) is 0 Å². The molecule has 0 aromatic carbocycles. The van der Waals surface area contributed by atoms with E-state index in [9.17, 15) is 13.2 Å². The first kappa shape index (κ1) is 12.2. The number of alkyl halides is 3. The van der Waals surface area contributed by atoms with Crippen molar-refractivity contribution in [2.75, 3.05) is 11.9 Å². The van der Waals surface area contributed by atoms with E-state index in [1.165, 1.54) is 18.9 Å². The SMILES string of the molecule is CC(CNc1ccc(C(F)(F)F)cn1)C1CC1. The molecular formula is C12H15F3N2. The standard InChI is InChI=1S/C12H15F3N2/c1-8(9-2-3-9)6-16-11-5-4-10(7-17-11)12(13,14)15/h4-5,7-9H,2-3,6H2,1H3,(H,16,17). The lowest BCUT2D eigenvalue weighted by molar-refractivity contribution is -0.137. The van der Waals surface area contributed by atoms with Crippen LogP contribution in [0.3, 0.4) is 0 Å². The molecule has 0 radical (unpaired) electrons. The van der Waals surface area contributed by atoms with E-state index in [1.54, 1.807) is 0 Å². The van der Waals surface area contributed by atoms with Gasteiger partial charge in [-0.05, 0) is 36.8 Å². The molecule has 0 aliphatic heterocycles. The molecule has 1 unspecified atom stereocenters. The second kappa shape index (κ2) is 4.55. The second-order valence-electron chi connectivity index (χ2n) is 4.63. The van der Waals surface area contributed by atoms with Gasteiger partial charge in [-0.2, -0.15) is 13.2 Å². The third-order valence-corrected chi connectivity index (χ3v) is 3.12. The number of hydrogen-bond donors (Lipinski definition) is 1.